The van der Waals surface area contributed by atoms with E-state index in [9.17, 15) is 43.2 Å². The summed E-state index contributed by atoms with van der Waals surface area (Å²) >= 11 is 0. The van der Waals surface area contributed by atoms with Crippen molar-refractivity contribution < 1.29 is 80.2 Å². The summed E-state index contributed by atoms with van der Waals surface area (Å²) in [6, 6.07) is 0. The third kappa shape index (κ3) is 62.8. The van der Waals surface area contributed by atoms with Gasteiger partial charge in [-0.3, -0.25) is 37.3 Å². The molecule has 0 aromatic carbocycles. The number of ether oxygens (including phenoxy) is 4. The molecule has 0 aliphatic carbocycles. The Labute approximate surface area is 537 Å². The van der Waals surface area contributed by atoms with Gasteiger partial charge in [-0.05, 0) is 31.6 Å². The second kappa shape index (κ2) is 62.5. The van der Waals surface area contributed by atoms with Crippen LogP contribution in [-0.2, 0) is 65.4 Å². The number of unbranched alkanes of at least 4 members (excludes halogenated alkanes) is 41. The van der Waals surface area contributed by atoms with Gasteiger partial charge >= 0.3 is 39.5 Å². The lowest BCUT2D eigenvalue weighted by Crippen LogP contribution is -2.30. The van der Waals surface area contributed by atoms with Gasteiger partial charge in [-0.15, -0.1) is 0 Å². The molecule has 0 aliphatic rings. The van der Waals surface area contributed by atoms with Crippen LogP contribution in [0.4, 0.5) is 0 Å². The number of hydrogen-bond donors (Lipinski definition) is 3. The molecule has 0 aromatic rings. The van der Waals surface area contributed by atoms with Crippen molar-refractivity contribution in [2.24, 2.45) is 5.92 Å². The summed E-state index contributed by atoms with van der Waals surface area (Å²) in [5.41, 5.74) is 0. The molecular weight excluding hydrogens is 1160 g/mol. The molecule has 0 aliphatic heterocycles. The van der Waals surface area contributed by atoms with E-state index >= 15 is 0 Å². The summed E-state index contributed by atoms with van der Waals surface area (Å²) in [5, 5.41) is 10.6. The highest BCUT2D eigenvalue weighted by Gasteiger charge is 2.30. The second-order valence-electron chi connectivity index (χ2n) is 25.4. The van der Waals surface area contributed by atoms with Crippen molar-refractivity contribution in [3.63, 3.8) is 0 Å². The molecule has 0 bridgehead atoms. The maximum atomic E-state index is 13.0. The number of phosphoric ester groups is 2. The van der Waals surface area contributed by atoms with Crippen molar-refractivity contribution in [1.29, 1.82) is 0 Å². The van der Waals surface area contributed by atoms with Gasteiger partial charge in [0.1, 0.15) is 19.3 Å². The number of aliphatic hydroxyl groups is 1. The van der Waals surface area contributed by atoms with Crippen LogP contribution >= 0.6 is 15.6 Å². The highest BCUT2D eigenvalue weighted by atomic mass is 31.2. The number of esters is 4. The first-order valence-electron chi connectivity index (χ1n) is 36.1. The van der Waals surface area contributed by atoms with Crippen LogP contribution in [0.25, 0.3) is 0 Å². The Hall–Kier alpha value is -1.94. The quantitative estimate of drug-likeness (QED) is 0.0222. The van der Waals surface area contributed by atoms with Crippen LogP contribution in [-0.4, -0.2) is 96.7 Å². The van der Waals surface area contributed by atoms with Crippen molar-refractivity contribution in [1.82, 2.24) is 0 Å². The number of carbonyl (C=O) groups is 4. The Bertz CT molecular complexity index is 1700. The molecule has 0 aromatic heterocycles. The summed E-state index contributed by atoms with van der Waals surface area (Å²) < 4.78 is 68.1. The van der Waals surface area contributed by atoms with Crippen molar-refractivity contribution in [3.05, 3.63) is 0 Å². The predicted octanol–water partition coefficient (Wildman–Crippen LogP) is 19.7. The number of hydrogen-bond acceptors (Lipinski definition) is 15. The van der Waals surface area contributed by atoms with Crippen molar-refractivity contribution >= 4 is 39.5 Å². The summed E-state index contributed by atoms with van der Waals surface area (Å²) in [4.78, 5) is 72.3. The standard InChI is InChI=1S/C69H134O17P2/c1-6-9-12-15-18-21-22-30-34-38-43-48-53-67(72)80-59-65(86-69(74)55-50-45-40-35-31-28-26-24-23-25-27-29-33-36-41-46-51-62(4)5)61-84-88(77,78)82-57-63(70)56-81-87(75,76)83-60-64(58-79-66(71)52-47-42-37-20-17-14-11-8-3)85-68(73)54-49-44-39-32-19-16-13-10-7-2/h62-65,70H,6-61H2,1-5H3,(H,75,76)(H,77,78)/t63-,64+,65+/m0/s1. The lowest BCUT2D eigenvalue weighted by molar-refractivity contribution is -0.161. The predicted molar refractivity (Wildman–Crippen MR) is 354 cm³/mol. The Morgan fingerprint density at radius 2 is 0.523 bits per heavy atom. The van der Waals surface area contributed by atoms with Gasteiger partial charge in [-0.2, -0.15) is 0 Å². The first-order valence-corrected chi connectivity index (χ1v) is 39.1. The molecule has 0 saturated heterocycles. The lowest BCUT2D eigenvalue weighted by atomic mass is 10.0. The fraction of sp³-hybridized carbons (Fsp3) is 0.942. The molecule has 19 heteroatoms. The van der Waals surface area contributed by atoms with E-state index in [4.69, 9.17) is 37.0 Å². The van der Waals surface area contributed by atoms with Crippen molar-refractivity contribution in [3.8, 4) is 0 Å². The normalized spacial score (nSPS) is 14.1. The van der Waals surface area contributed by atoms with E-state index in [0.29, 0.717) is 25.7 Å². The van der Waals surface area contributed by atoms with E-state index in [-0.39, 0.29) is 25.7 Å². The molecule has 0 heterocycles. The minimum Gasteiger partial charge on any atom is -0.462 e. The highest BCUT2D eigenvalue weighted by Crippen LogP contribution is 2.45. The number of carbonyl (C=O) groups excluding carboxylic acids is 4. The number of aliphatic hydroxyl groups excluding tert-OH is 1. The minimum atomic E-state index is -4.95. The molecule has 0 fully saturated rings. The molecule has 522 valence electrons. The van der Waals surface area contributed by atoms with Crippen LogP contribution in [0.2, 0.25) is 0 Å². The molecule has 0 amide bonds. The van der Waals surface area contributed by atoms with E-state index in [2.05, 4.69) is 34.6 Å². The third-order valence-corrected chi connectivity index (χ3v) is 17.9. The summed E-state index contributed by atoms with van der Waals surface area (Å²) in [7, 11) is -9.89. The Morgan fingerprint density at radius 3 is 0.773 bits per heavy atom. The molecule has 3 N–H and O–H groups in total. The van der Waals surface area contributed by atoms with Crippen LogP contribution in [0.1, 0.15) is 356 Å². The zero-order chi connectivity index (χ0) is 64.9. The molecule has 5 atom stereocenters. The van der Waals surface area contributed by atoms with Crippen LogP contribution < -0.4 is 0 Å². The maximum Gasteiger partial charge on any atom is 0.472 e. The molecule has 2 unspecified atom stereocenters. The third-order valence-electron chi connectivity index (χ3n) is 16.0. The van der Waals surface area contributed by atoms with E-state index < -0.39 is 97.5 Å². The minimum absolute atomic E-state index is 0.106. The van der Waals surface area contributed by atoms with Gasteiger partial charge in [0.05, 0.1) is 26.4 Å². The van der Waals surface area contributed by atoms with E-state index in [0.717, 1.165) is 102 Å². The van der Waals surface area contributed by atoms with Crippen LogP contribution in [0.3, 0.4) is 0 Å². The Balaban J connectivity index is 5.17. The maximum absolute atomic E-state index is 13.0. The molecule has 17 nitrogen and oxygen atoms in total. The molecule has 88 heavy (non-hydrogen) atoms. The SMILES string of the molecule is CCCCCCCCCCCCCCC(=O)OC[C@H](COP(=O)(O)OC[C@@H](O)COP(=O)(O)OC[C@@H](COC(=O)CCCCCCCCCC)OC(=O)CCCCCCCCCCC)OC(=O)CCCCCCCCCCCCCCCCCCC(C)C. The molecule has 0 rings (SSSR count). The summed E-state index contributed by atoms with van der Waals surface area (Å²) in [6.07, 6.45) is 48.6. The molecule has 0 saturated carbocycles. The lowest BCUT2D eigenvalue weighted by Gasteiger charge is -2.21. The average molecular weight is 1300 g/mol. The van der Waals surface area contributed by atoms with Gasteiger partial charge in [-0.25, -0.2) is 9.13 Å². The largest absolute Gasteiger partial charge is 0.472 e. The molecular formula is C69H134O17P2. The van der Waals surface area contributed by atoms with Crippen molar-refractivity contribution in [2.75, 3.05) is 39.6 Å². The fourth-order valence-electron chi connectivity index (χ4n) is 10.5. The average Bonchev–Trinajstić information content (AvgIpc) is 3.51. The Morgan fingerprint density at radius 1 is 0.307 bits per heavy atom. The first kappa shape index (κ1) is 86.1. The monoisotopic (exact) mass is 1300 g/mol. The second-order valence-corrected chi connectivity index (χ2v) is 28.3. The highest BCUT2D eigenvalue weighted by molar-refractivity contribution is 7.47. The fourth-order valence-corrected chi connectivity index (χ4v) is 12.0. The Kier molecular flexibility index (Phi) is 61.1. The van der Waals surface area contributed by atoms with Gasteiger partial charge in [-0.1, -0.05) is 304 Å². The van der Waals surface area contributed by atoms with Crippen LogP contribution in [0.5, 0.6) is 0 Å². The van der Waals surface area contributed by atoms with Crippen molar-refractivity contribution in [2.45, 2.75) is 374 Å². The van der Waals surface area contributed by atoms with Gasteiger partial charge in [0, 0.05) is 25.7 Å². The number of phosphoric acid groups is 2. The first-order chi connectivity index (χ1) is 42.5. The topological polar surface area (TPSA) is 237 Å². The van der Waals surface area contributed by atoms with Gasteiger partial charge in [0.2, 0.25) is 0 Å². The summed E-state index contributed by atoms with van der Waals surface area (Å²) in [6.45, 7) is 7.23. The molecule has 0 spiro atoms. The zero-order valence-corrected chi connectivity index (χ0v) is 58.6. The summed E-state index contributed by atoms with van der Waals surface area (Å²) in [5.74, 6) is -1.32. The van der Waals surface area contributed by atoms with Gasteiger partial charge in [0.25, 0.3) is 0 Å². The van der Waals surface area contributed by atoms with Crippen LogP contribution in [0, 0.1) is 5.92 Å². The van der Waals surface area contributed by atoms with E-state index in [1.54, 1.807) is 0 Å². The van der Waals surface area contributed by atoms with Gasteiger partial charge < -0.3 is 33.8 Å². The van der Waals surface area contributed by atoms with E-state index in [1.165, 1.54) is 173 Å². The molecule has 0 radical (unpaired) electrons. The van der Waals surface area contributed by atoms with Gasteiger partial charge in [0.15, 0.2) is 12.2 Å². The zero-order valence-electron chi connectivity index (χ0n) is 56.9. The van der Waals surface area contributed by atoms with E-state index in [1.807, 2.05) is 0 Å². The van der Waals surface area contributed by atoms with Crippen LogP contribution in [0.15, 0.2) is 0 Å². The smallest absolute Gasteiger partial charge is 0.462 e. The number of rotatable bonds is 69.